The van der Waals surface area contributed by atoms with Crippen LogP contribution >= 0.6 is 11.8 Å². The molecule has 0 saturated heterocycles. The summed E-state index contributed by atoms with van der Waals surface area (Å²) in [6, 6.07) is 0. The first-order chi connectivity index (χ1) is 4.43. The first kappa shape index (κ1) is 7.16. The van der Waals surface area contributed by atoms with Gasteiger partial charge in [-0.1, -0.05) is 5.57 Å². The molecule has 0 saturated carbocycles. The first-order valence-electron chi connectivity index (χ1n) is 3.43. The third kappa shape index (κ3) is 2.41. The van der Waals surface area contributed by atoms with Crippen molar-refractivity contribution in [1.82, 2.24) is 0 Å². The van der Waals surface area contributed by atoms with Crippen LogP contribution in [-0.4, -0.2) is 12.3 Å². The van der Waals surface area contributed by atoms with Crippen LogP contribution in [0, 0.1) is 0 Å². The maximum Gasteiger partial charge on any atom is -0.00229 e. The molecule has 1 heterocycles. The minimum atomic E-state index is 0.812. The summed E-state index contributed by atoms with van der Waals surface area (Å²) in [5.74, 6) is 1.30. The van der Waals surface area contributed by atoms with E-state index in [0.717, 1.165) is 13.0 Å². The van der Waals surface area contributed by atoms with E-state index >= 15 is 0 Å². The quantitative estimate of drug-likeness (QED) is 0.637. The van der Waals surface area contributed by atoms with Gasteiger partial charge in [0.05, 0.1) is 0 Å². The van der Waals surface area contributed by atoms with Crippen LogP contribution in [0.1, 0.15) is 19.3 Å². The van der Waals surface area contributed by atoms with Crippen molar-refractivity contribution in [2.24, 2.45) is 5.73 Å². The summed E-state index contributed by atoms with van der Waals surface area (Å²) in [7, 11) is 0. The number of hydrogen-bond acceptors (Lipinski definition) is 2. The molecule has 0 unspecified atom stereocenters. The predicted molar refractivity (Wildman–Crippen MR) is 43.4 cm³/mol. The predicted octanol–water partition coefficient (Wildman–Crippen LogP) is 1.75. The molecule has 0 radical (unpaired) electrons. The highest BCUT2D eigenvalue weighted by molar-refractivity contribution is 8.02. The second-order valence-electron chi connectivity index (χ2n) is 2.29. The SMILES string of the molecule is NCCC1=CSCCC1. The normalized spacial score (nSPS) is 19.4. The van der Waals surface area contributed by atoms with Crippen LogP contribution < -0.4 is 5.73 Å². The molecule has 1 rings (SSSR count). The molecule has 2 heteroatoms. The van der Waals surface area contributed by atoms with Gasteiger partial charge in [0.2, 0.25) is 0 Å². The van der Waals surface area contributed by atoms with Gasteiger partial charge in [-0.25, -0.2) is 0 Å². The van der Waals surface area contributed by atoms with Crippen LogP contribution in [0.4, 0.5) is 0 Å². The van der Waals surface area contributed by atoms with Crippen LogP contribution in [-0.2, 0) is 0 Å². The Labute approximate surface area is 60.7 Å². The highest BCUT2D eigenvalue weighted by Gasteiger charge is 2.01. The van der Waals surface area contributed by atoms with Crippen LogP contribution in [0.25, 0.3) is 0 Å². The Balaban J connectivity index is 2.28. The molecule has 1 aliphatic heterocycles. The lowest BCUT2D eigenvalue weighted by Crippen LogP contribution is -2.02. The molecule has 1 nitrogen and oxygen atoms in total. The Kier molecular flexibility index (Phi) is 3.15. The highest BCUT2D eigenvalue weighted by atomic mass is 32.2. The van der Waals surface area contributed by atoms with E-state index in [-0.39, 0.29) is 0 Å². The molecule has 2 N–H and O–H groups in total. The van der Waals surface area contributed by atoms with Gasteiger partial charge < -0.3 is 5.73 Å². The van der Waals surface area contributed by atoms with E-state index < -0.39 is 0 Å². The number of thioether (sulfide) groups is 1. The summed E-state index contributed by atoms with van der Waals surface area (Å²) in [5.41, 5.74) is 6.96. The van der Waals surface area contributed by atoms with E-state index in [9.17, 15) is 0 Å². The van der Waals surface area contributed by atoms with Gasteiger partial charge in [-0.2, -0.15) is 0 Å². The summed E-state index contributed by atoms with van der Waals surface area (Å²) >= 11 is 1.93. The monoisotopic (exact) mass is 143 g/mol. The molecule has 0 aromatic carbocycles. The van der Waals surface area contributed by atoms with Crippen molar-refractivity contribution in [3.8, 4) is 0 Å². The third-order valence-electron chi connectivity index (χ3n) is 1.48. The lowest BCUT2D eigenvalue weighted by atomic mass is 10.1. The van der Waals surface area contributed by atoms with E-state index in [1.165, 1.54) is 18.6 Å². The molecule has 0 aromatic heterocycles. The number of nitrogens with two attached hydrogens (primary N) is 1. The van der Waals surface area contributed by atoms with Gasteiger partial charge in [0.15, 0.2) is 0 Å². The van der Waals surface area contributed by atoms with Gasteiger partial charge in [0.1, 0.15) is 0 Å². The third-order valence-corrected chi connectivity index (χ3v) is 2.50. The van der Waals surface area contributed by atoms with Gasteiger partial charge in [0.25, 0.3) is 0 Å². The van der Waals surface area contributed by atoms with Crippen LogP contribution in [0.5, 0.6) is 0 Å². The average molecular weight is 143 g/mol. The van der Waals surface area contributed by atoms with Crippen molar-refractivity contribution >= 4 is 11.8 Å². The van der Waals surface area contributed by atoms with E-state index in [0.29, 0.717) is 0 Å². The minimum Gasteiger partial charge on any atom is -0.330 e. The topological polar surface area (TPSA) is 26.0 Å². The molecule has 0 fully saturated rings. The molecule has 0 aromatic rings. The summed E-state index contributed by atoms with van der Waals surface area (Å²) in [5, 5.41) is 2.27. The zero-order valence-electron chi connectivity index (χ0n) is 5.60. The Bertz CT molecular complexity index is 109. The lowest BCUT2D eigenvalue weighted by molar-refractivity contribution is 0.826. The van der Waals surface area contributed by atoms with E-state index in [1.54, 1.807) is 5.57 Å². The van der Waals surface area contributed by atoms with Gasteiger partial charge in [-0.15, -0.1) is 11.8 Å². The second kappa shape index (κ2) is 3.96. The second-order valence-corrected chi connectivity index (χ2v) is 3.27. The average Bonchev–Trinajstić information content (AvgIpc) is 1.91. The molecule has 0 amide bonds. The maximum atomic E-state index is 5.41. The van der Waals surface area contributed by atoms with E-state index in [2.05, 4.69) is 5.41 Å². The smallest absolute Gasteiger partial charge is 0.00229 e. The number of rotatable bonds is 2. The van der Waals surface area contributed by atoms with Crippen molar-refractivity contribution < 1.29 is 0 Å². The van der Waals surface area contributed by atoms with Crippen molar-refractivity contribution in [2.75, 3.05) is 12.3 Å². The summed E-state index contributed by atoms with van der Waals surface area (Å²) in [6.45, 7) is 0.812. The molecular weight excluding hydrogens is 130 g/mol. The van der Waals surface area contributed by atoms with Crippen molar-refractivity contribution in [3.63, 3.8) is 0 Å². The van der Waals surface area contributed by atoms with Crippen molar-refractivity contribution in [3.05, 3.63) is 11.0 Å². The number of hydrogen-bond donors (Lipinski definition) is 1. The molecule has 52 valence electrons. The zero-order valence-corrected chi connectivity index (χ0v) is 6.41. The van der Waals surface area contributed by atoms with Crippen LogP contribution in [0.15, 0.2) is 11.0 Å². The molecule has 0 bridgehead atoms. The Morgan fingerprint density at radius 1 is 1.67 bits per heavy atom. The molecule has 1 aliphatic rings. The maximum absolute atomic E-state index is 5.41. The van der Waals surface area contributed by atoms with Gasteiger partial charge >= 0.3 is 0 Å². The molecule has 9 heavy (non-hydrogen) atoms. The Hall–Kier alpha value is 0.0500. The fourth-order valence-corrected chi connectivity index (χ4v) is 1.89. The molecule has 0 atom stereocenters. The van der Waals surface area contributed by atoms with E-state index in [4.69, 9.17) is 5.73 Å². The summed E-state index contributed by atoms with van der Waals surface area (Å²) in [4.78, 5) is 0. The summed E-state index contributed by atoms with van der Waals surface area (Å²) in [6.07, 6.45) is 3.73. The minimum absolute atomic E-state index is 0.812. The largest absolute Gasteiger partial charge is 0.330 e. The van der Waals surface area contributed by atoms with Gasteiger partial charge in [-0.3, -0.25) is 0 Å². The fraction of sp³-hybridized carbons (Fsp3) is 0.714. The Morgan fingerprint density at radius 3 is 3.11 bits per heavy atom. The van der Waals surface area contributed by atoms with Gasteiger partial charge in [0, 0.05) is 0 Å². The van der Waals surface area contributed by atoms with Crippen LogP contribution in [0.2, 0.25) is 0 Å². The molecule has 0 aliphatic carbocycles. The lowest BCUT2D eigenvalue weighted by Gasteiger charge is -2.09. The standard InChI is InChI=1S/C7H13NS/c8-4-3-7-2-1-5-9-6-7/h6H,1-5,8H2. The van der Waals surface area contributed by atoms with E-state index in [1.807, 2.05) is 11.8 Å². The van der Waals surface area contributed by atoms with Crippen molar-refractivity contribution in [1.29, 1.82) is 0 Å². The fourth-order valence-electron chi connectivity index (χ4n) is 0.988. The van der Waals surface area contributed by atoms with Crippen LogP contribution in [0.3, 0.4) is 0 Å². The Morgan fingerprint density at radius 2 is 2.56 bits per heavy atom. The molecule has 0 spiro atoms. The van der Waals surface area contributed by atoms with Gasteiger partial charge in [-0.05, 0) is 37.0 Å². The highest BCUT2D eigenvalue weighted by Crippen LogP contribution is 2.22. The molecular formula is C7H13NS. The summed E-state index contributed by atoms with van der Waals surface area (Å²) < 4.78 is 0. The first-order valence-corrected chi connectivity index (χ1v) is 4.48. The zero-order chi connectivity index (χ0) is 6.53. The van der Waals surface area contributed by atoms with Crippen molar-refractivity contribution in [2.45, 2.75) is 19.3 Å².